The summed E-state index contributed by atoms with van der Waals surface area (Å²) in [4.78, 5) is 11.4. The minimum Gasteiger partial charge on any atom is -0.307 e. The zero-order valence-electron chi connectivity index (χ0n) is 7.79. The van der Waals surface area contributed by atoms with E-state index in [1.165, 1.54) is 0 Å². The quantitative estimate of drug-likeness (QED) is 0.694. The molecule has 13 heavy (non-hydrogen) atoms. The van der Waals surface area contributed by atoms with E-state index in [9.17, 15) is 4.79 Å². The fourth-order valence-corrected chi connectivity index (χ4v) is 0.945. The maximum Gasteiger partial charge on any atom is 0.252 e. The van der Waals surface area contributed by atoms with Crippen molar-refractivity contribution in [1.82, 2.24) is 10.2 Å². The second-order valence-electron chi connectivity index (χ2n) is 2.72. The lowest BCUT2D eigenvalue weighted by molar-refractivity contribution is -0.112. The fraction of sp³-hybridized carbons (Fsp3) is 0.333. The number of aromatic amines is 1. The van der Waals surface area contributed by atoms with Crippen LogP contribution in [0.5, 0.6) is 0 Å². The Morgan fingerprint density at radius 3 is 3.08 bits per heavy atom. The second-order valence-corrected chi connectivity index (χ2v) is 2.72. The molecule has 1 aromatic heterocycles. The smallest absolute Gasteiger partial charge is 0.252 e. The van der Waals surface area contributed by atoms with Gasteiger partial charge in [0.15, 0.2) is 0 Å². The number of allylic oxidation sites excluding steroid dienone is 1. The molecule has 0 atom stereocenters. The first-order chi connectivity index (χ1) is 6.24. The Morgan fingerprint density at radius 2 is 2.54 bits per heavy atom. The van der Waals surface area contributed by atoms with Gasteiger partial charge in [-0.3, -0.25) is 9.89 Å². The molecular weight excluding hydrogens is 166 g/mol. The number of H-pyrrole nitrogens is 1. The molecule has 4 heteroatoms. The Bertz CT molecular complexity index is 301. The van der Waals surface area contributed by atoms with E-state index in [0.29, 0.717) is 5.82 Å². The molecule has 0 aliphatic rings. The molecule has 1 heterocycles. The zero-order chi connectivity index (χ0) is 9.68. The maximum absolute atomic E-state index is 11.4. The van der Waals surface area contributed by atoms with Crippen molar-refractivity contribution in [3.05, 3.63) is 23.9 Å². The van der Waals surface area contributed by atoms with Gasteiger partial charge in [0.05, 0.1) is 6.20 Å². The van der Waals surface area contributed by atoms with Crippen LogP contribution in [0.25, 0.3) is 0 Å². The summed E-state index contributed by atoms with van der Waals surface area (Å²) in [6.07, 6.45) is 4.34. The highest BCUT2D eigenvalue weighted by Crippen LogP contribution is 2.03. The molecule has 0 aromatic carbocycles. The highest BCUT2D eigenvalue weighted by atomic mass is 16.1. The summed E-state index contributed by atoms with van der Waals surface area (Å²) in [6, 6.07) is 1.71. The Hall–Kier alpha value is -1.58. The molecule has 70 valence electrons. The van der Waals surface area contributed by atoms with Crippen LogP contribution in [-0.2, 0) is 4.79 Å². The van der Waals surface area contributed by atoms with E-state index in [4.69, 9.17) is 0 Å². The number of nitrogens with zero attached hydrogens (tertiary/aromatic N) is 1. The molecule has 1 rings (SSSR count). The molecule has 1 amide bonds. The van der Waals surface area contributed by atoms with Crippen molar-refractivity contribution < 1.29 is 4.79 Å². The molecule has 0 saturated heterocycles. The van der Waals surface area contributed by atoms with Crippen molar-refractivity contribution in [2.24, 2.45) is 0 Å². The minimum atomic E-state index is -0.0916. The number of rotatable bonds is 3. The van der Waals surface area contributed by atoms with E-state index in [-0.39, 0.29) is 5.91 Å². The van der Waals surface area contributed by atoms with Gasteiger partial charge in [0, 0.05) is 11.6 Å². The normalized spacial score (nSPS) is 11.4. The minimum absolute atomic E-state index is 0.0916. The van der Waals surface area contributed by atoms with Crippen molar-refractivity contribution >= 4 is 11.7 Å². The van der Waals surface area contributed by atoms with Crippen molar-refractivity contribution in [3.8, 4) is 0 Å². The maximum atomic E-state index is 11.4. The lowest BCUT2D eigenvalue weighted by Gasteiger charge is -2.01. The van der Waals surface area contributed by atoms with Crippen molar-refractivity contribution in [3.63, 3.8) is 0 Å². The van der Waals surface area contributed by atoms with Crippen LogP contribution < -0.4 is 5.32 Å². The standard InChI is InChI=1S/C9H13N3O/c1-3-4-7(2)9(13)11-8-5-6-10-12-8/h4-6H,3H2,1-2H3,(H2,10,11,12,13). The lowest BCUT2D eigenvalue weighted by Crippen LogP contribution is -2.12. The summed E-state index contributed by atoms with van der Waals surface area (Å²) >= 11 is 0. The molecule has 0 unspecified atom stereocenters. The SMILES string of the molecule is CCC=C(C)C(=O)Nc1ccn[nH]1. The van der Waals surface area contributed by atoms with E-state index < -0.39 is 0 Å². The summed E-state index contributed by atoms with van der Waals surface area (Å²) in [5, 5.41) is 9.06. The average Bonchev–Trinajstić information content (AvgIpc) is 2.57. The van der Waals surface area contributed by atoms with E-state index >= 15 is 0 Å². The predicted octanol–water partition coefficient (Wildman–Crippen LogP) is 1.70. The van der Waals surface area contributed by atoms with Crippen LogP contribution in [0.3, 0.4) is 0 Å². The summed E-state index contributed by atoms with van der Waals surface area (Å²) in [7, 11) is 0. The van der Waals surface area contributed by atoms with Gasteiger partial charge in [-0.2, -0.15) is 5.10 Å². The number of aromatic nitrogens is 2. The van der Waals surface area contributed by atoms with Gasteiger partial charge in [-0.1, -0.05) is 13.0 Å². The molecule has 4 nitrogen and oxygen atoms in total. The fourth-order valence-electron chi connectivity index (χ4n) is 0.945. The second kappa shape index (κ2) is 4.45. The summed E-state index contributed by atoms with van der Waals surface area (Å²) in [6.45, 7) is 3.78. The number of anilines is 1. The average molecular weight is 179 g/mol. The van der Waals surface area contributed by atoms with Crippen LogP contribution in [0.2, 0.25) is 0 Å². The van der Waals surface area contributed by atoms with E-state index in [1.807, 2.05) is 13.0 Å². The molecule has 1 aromatic rings. The van der Waals surface area contributed by atoms with Crippen molar-refractivity contribution in [1.29, 1.82) is 0 Å². The van der Waals surface area contributed by atoms with Crippen LogP contribution in [0.4, 0.5) is 5.82 Å². The van der Waals surface area contributed by atoms with Crippen LogP contribution in [0.1, 0.15) is 20.3 Å². The van der Waals surface area contributed by atoms with Crippen LogP contribution in [-0.4, -0.2) is 16.1 Å². The summed E-state index contributed by atoms with van der Waals surface area (Å²) in [5.74, 6) is 0.528. The Balaban J connectivity index is 2.56. The number of hydrogen-bond acceptors (Lipinski definition) is 2. The number of carbonyl (C=O) groups is 1. The molecule has 0 aliphatic heterocycles. The molecule has 0 fully saturated rings. The first-order valence-electron chi connectivity index (χ1n) is 4.21. The first-order valence-corrected chi connectivity index (χ1v) is 4.21. The van der Waals surface area contributed by atoms with Gasteiger partial charge in [0.25, 0.3) is 5.91 Å². The predicted molar refractivity (Wildman–Crippen MR) is 51.3 cm³/mol. The van der Waals surface area contributed by atoms with Crippen LogP contribution in [0.15, 0.2) is 23.9 Å². The third-order valence-electron chi connectivity index (χ3n) is 1.62. The number of nitrogens with one attached hydrogen (secondary N) is 2. The van der Waals surface area contributed by atoms with Crippen molar-refractivity contribution in [2.45, 2.75) is 20.3 Å². The van der Waals surface area contributed by atoms with Crippen LogP contribution in [0, 0.1) is 0 Å². The molecular formula is C9H13N3O. The van der Waals surface area contributed by atoms with Gasteiger partial charge in [-0.25, -0.2) is 0 Å². The van der Waals surface area contributed by atoms with Gasteiger partial charge < -0.3 is 5.32 Å². The Kier molecular flexibility index (Phi) is 3.25. The van der Waals surface area contributed by atoms with Gasteiger partial charge in [-0.15, -0.1) is 0 Å². The first kappa shape index (κ1) is 9.51. The molecule has 2 N–H and O–H groups in total. The molecule has 0 aliphatic carbocycles. The van der Waals surface area contributed by atoms with Gasteiger partial charge in [-0.05, 0) is 13.3 Å². The summed E-state index contributed by atoms with van der Waals surface area (Å²) in [5.41, 5.74) is 0.720. The number of amides is 1. The highest BCUT2D eigenvalue weighted by molar-refractivity contribution is 6.02. The van der Waals surface area contributed by atoms with Crippen molar-refractivity contribution in [2.75, 3.05) is 5.32 Å². The molecule has 0 bridgehead atoms. The van der Waals surface area contributed by atoms with E-state index in [2.05, 4.69) is 15.5 Å². The Labute approximate surface area is 77.0 Å². The number of carbonyl (C=O) groups excluding carboxylic acids is 1. The highest BCUT2D eigenvalue weighted by Gasteiger charge is 2.03. The monoisotopic (exact) mass is 179 g/mol. The third-order valence-corrected chi connectivity index (χ3v) is 1.62. The zero-order valence-corrected chi connectivity index (χ0v) is 7.79. The molecule has 0 radical (unpaired) electrons. The number of hydrogen-bond donors (Lipinski definition) is 2. The molecule has 0 spiro atoms. The third kappa shape index (κ3) is 2.74. The largest absolute Gasteiger partial charge is 0.307 e. The van der Waals surface area contributed by atoms with E-state index in [0.717, 1.165) is 12.0 Å². The van der Waals surface area contributed by atoms with E-state index in [1.54, 1.807) is 19.2 Å². The Morgan fingerprint density at radius 1 is 1.77 bits per heavy atom. The summed E-state index contributed by atoms with van der Waals surface area (Å²) < 4.78 is 0. The lowest BCUT2D eigenvalue weighted by atomic mass is 10.2. The van der Waals surface area contributed by atoms with Gasteiger partial charge in [0.2, 0.25) is 0 Å². The van der Waals surface area contributed by atoms with Gasteiger partial charge in [0.1, 0.15) is 5.82 Å². The van der Waals surface area contributed by atoms with Crippen LogP contribution >= 0.6 is 0 Å². The topological polar surface area (TPSA) is 57.8 Å². The molecule has 0 saturated carbocycles. The van der Waals surface area contributed by atoms with Gasteiger partial charge >= 0.3 is 0 Å².